The van der Waals surface area contributed by atoms with Crippen LogP contribution in [0.2, 0.25) is 5.02 Å². The summed E-state index contributed by atoms with van der Waals surface area (Å²) in [5.74, 6) is 0. The summed E-state index contributed by atoms with van der Waals surface area (Å²) >= 11 is 5.93. The first-order valence-electron chi connectivity index (χ1n) is 6.76. The van der Waals surface area contributed by atoms with Gasteiger partial charge >= 0.3 is 0 Å². The van der Waals surface area contributed by atoms with Crippen molar-refractivity contribution in [2.45, 2.75) is 31.8 Å². The molecule has 0 spiro atoms. The monoisotopic (exact) mass is 284 g/mol. The average Bonchev–Trinajstić information content (AvgIpc) is 2.42. The zero-order chi connectivity index (χ0) is 14.3. The van der Waals surface area contributed by atoms with Gasteiger partial charge in [-0.25, -0.2) is 0 Å². The van der Waals surface area contributed by atoms with Crippen LogP contribution in [0, 0.1) is 0 Å². The highest BCUT2D eigenvalue weighted by Gasteiger charge is 2.20. The van der Waals surface area contributed by atoms with Crippen molar-refractivity contribution in [3.8, 4) is 0 Å². The number of hydrogen-bond acceptors (Lipinski definition) is 3. The molecule has 0 heterocycles. The van der Waals surface area contributed by atoms with Crippen LogP contribution in [-0.2, 0) is 4.74 Å². The summed E-state index contributed by atoms with van der Waals surface area (Å²) < 4.78 is 5.32. The van der Waals surface area contributed by atoms with Crippen LogP contribution in [0.4, 0.5) is 0 Å². The van der Waals surface area contributed by atoms with Crippen molar-refractivity contribution in [2.24, 2.45) is 5.73 Å². The zero-order valence-electron chi connectivity index (χ0n) is 12.1. The number of rotatable bonds is 8. The van der Waals surface area contributed by atoms with Crippen molar-refractivity contribution in [1.82, 2.24) is 4.90 Å². The molecule has 0 fully saturated rings. The Kier molecular flexibility index (Phi) is 7.39. The Bertz CT molecular complexity index is 356. The van der Waals surface area contributed by atoms with Crippen molar-refractivity contribution >= 4 is 11.6 Å². The van der Waals surface area contributed by atoms with E-state index in [0.29, 0.717) is 12.1 Å². The van der Waals surface area contributed by atoms with Crippen LogP contribution in [0.3, 0.4) is 0 Å². The number of halogens is 1. The first-order chi connectivity index (χ1) is 9.10. The molecule has 2 atom stereocenters. The van der Waals surface area contributed by atoms with Crippen molar-refractivity contribution in [2.75, 3.05) is 27.3 Å². The standard InChI is InChI=1S/C15H25ClN2O/c1-12(13-6-8-14(16)9-7-13)18(2)15(11-19-3)5-4-10-17/h6-9,12,15H,4-5,10-11,17H2,1-3H3. The predicted octanol–water partition coefficient (Wildman–Crippen LogP) is 3.09. The summed E-state index contributed by atoms with van der Waals surface area (Å²) in [6.07, 6.45) is 2.07. The summed E-state index contributed by atoms with van der Waals surface area (Å²) in [5, 5.41) is 0.773. The Morgan fingerprint density at radius 2 is 1.95 bits per heavy atom. The predicted molar refractivity (Wildman–Crippen MR) is 81.6 cm³/mol. The fraction of sp³-hybridized carbons (Fsp3) is 0.600. The average molecular weight is 285 g/mol. The van der Waals surface area contributed by atoms with Crippen LogP contribution in [0.25, 0.3) is 0 Å². The van der Waals surface area contributed by atoms with E-state index in [-0.39, 0.29) is 0 Å². The number of likely N-dealkylation sites (N-methyl/N-ethyl adjacent to an activating group) is 1. The molecular weight excluding hydrogens is 260 g/mol. The van der Waals surface area contributed by atoms with E-state index in [0.717, 1.165) is 31.0 Å². The number of nitrogens with zero attached hydrogens (tertiary/aromatic N) is 1. The normalized spacial score (nSPS) is 14.6. The number of methoxy groups -OCH3 is 1. The van der Waals surface area contributed by atoms with Gasteiger partial charge in [-0.1, -0.05) is 23.7 Å². The van der Waals surface area contributed by atoms with Crippen LogP contribution < -0.4 is 5.73 Å². The van der Waals surface area contributed by atoms with Crippen LogP contribution in [-0.4, -0.2) is 38.3 Å². The second kappa shape index (κ2) is 8.54. The Labute approximate surface area is 121 Å². The molecule has 4 heteroatoms. The summed E-state index contributed by atoms with van der Waals surface area (Å²) in [4.78, 5) is 2.35. The number of hydrogen-bond donors (Lipinski definition) is 1. The SMILES string of the molecule is COCC(CCCN)N(C)C(C)c1ccc(Cl)cc1. The third kappa shape index (κ3) is 5.11. The van der Waals surface area contributed by atoms with Gasteiger partial charge in [0.15, 0.2) is 0 Å². The molecule has 1 aromatic rings. The highest BCUT2D eigenvalue weighted by molar-refractivity contribution is 6.30. The van der Waals surface area contributed by atoms with Crippen molar-refractivity contribution < 1.29 is 4.74 Å². The van der Waals surface area contributed by atoms with Gasteiger partial charge in [0.2, 0.25) is 0 Å². The smallest absolute Gasteiger partial charge is 0.0618 e. The minimum Gasteiger partial charge on any atom is -0.383 e. The molecule has 108 valence electrons. The van der Waals surface area contributed by atoms with Crippen LogP contribution in [0.15, 0.2) is 24.3 Å². The van der Waals surface area contributed by atoms with Gasteiger partial charge in [0.25, 0.3) is 0 Å². The van der Waals surface area contributed by atoms with E-state index in [1.807, 2.05) is 12.1 Å². The van der Waals surface area contributed by atoms with Gasteiger partial charge < -0.3 is 10.5 Å². The Morgan fingerprint density at radius 1 is 1.32 bits per heavy atom. The zero-order valence-corrected chi connectivity index (χ0v) is 12.9. The molecule has 19 heavy (non-hydrogen) atoms. The minimum absolute atomic E-state index is 0.329. The van der Waals surface area contributed by atoms with Gasteiger partial charge in [0.05, 0.1) is 6.61 Å². The van der Waals surface area contributed by atoms with E-state index >= 15 is 0 Å². The van der Waals surface area contributed by atoms with Gasteiger partial charge in [-0.05, 0) is 51.1 Å². The van der Waals surface area contributed by atoms with Crippen LogP contribution in [0.1, 0.15) is 31.4 Å². The van der Waals surface area contributed by atoms with Crippen molar-refractivity contribution in [1.29, 1.82) is 0 Å². The largest absolute Gasteiger partial charge is 0.383 e. The first kappa shape index (κ1) is 16.4. The lowest BCUT2D eigenvalue weighted by molar-refractivity contribution is 0.0785. The van der Waals surface area contributed by atoms with E-state index < -0.39 is 0 Å². The second-order valence-corrected chi connectivity index (χ2v) is 5.37. The highest BCUT2D eigenvalue weighted by atomic mass is 35.5. The third-order valence-electron chi connectivity index (χ3n) is 3.64. The number of nitrogens with two attached hydrogens (primary N) is 1. The van der Waals surface area contributed by atoms with Crippen molar-refractivity contribution in [3.05, 3.63) is 34.9 Å². The summed E-state index contributed by atoms with van der Waals surface area (Å²) in [5.41, 5.74) is 6.87. The number of benzene rings is 1. The molecule has 2 unspecified atom stereocenters. The van der Waals surface area contributed by atoms with Crippen molar-refractivity contribution in [3.63, 3.8) is 0 Å². The molecule has 3 nitrogen and oxygen atoms in total. The molecule has 1 rings (SSSR count). The number of ether oxygens (including phenoxy) is 1. The van der Waals surface area contributed by atoms with Gasteiger partial charge in [0, 0.05) is 24.2 Å². The topological polar surface area (TPSA) is 38.5 Å². The van der Waals surface area contributed by atoms with Crippen LogP contribution >= 0.6 is 11.6 Å². The van der Waals surface area contributed by atoms with Gasteiger partial charge in [0.1, 0.15) is 0 Å². The third-order valence-corrected chi connectivity index (χ3v) is 3.89. The highest BCUT2D eigenvalue weighted by Crippen LogP contribution is 2.24. The summed E-state index contributed by atoms with van der Waals surface area (Å²) in [7, 11) is 3.88. The van der Waals surface area contributed by atoms with Gasteiger partial charge in [-0.3, -0.25) is 4.90 Å². The molecular formula is C15H25ClN2O. The fourth-order valence-corrected chi connectivity index (χ4v) is 2.37. The lowest BCUT2D eigenvalue weighted by Crippen LogP contribution is -2.37. The minimum atomic E-state index is 0.329. The van der Waals surface area contributed by atoms with E-state index in [9.17, 15) is 0 Å². The molecule has 1 aromatic carbocycles. The lowest BCUT2D eigenvalue weighted by atomic mass is 10.0. The lowest BCUT2D eigenvalue weighted by Gasteiger charge is -2.33. The second-order valence-electron chi connectivity index (χ2n) is 4.93. The van der Waals surface area contributed by atoms with Crippen LogP contribution in [0.5, 0.6) is 0 Å². The quantitative estimate of drug-likeness (QED) is 0.797. The fourth-order valence-electron chi connectivity index (χ4n) is 2.24. The Morgan fingerprint density at radius 3 is 2.47 bits per heavy atom. The van der Waals surface area contributed by atoms with Gasteiger partial charge in [-0.15, -0.1) is 0 Å². The molecule has 0 bridgehead atoms. The maximum absolute atomic E-state index is 5.93. The maximum Gasteiger partial charge on any atom is 0.0618 e. The molecule has 0 saturated carbocycles. The first-order valence-corrected chi connectivity index (χ1v) is 7.14. The molecule has 0 aliphatic rings. The van der Waals surface area contributed by atoms with E-state index in [1.165, 1.54) is 5.56 Å². The molecule has 0 amide bonds. The summed E-state index contributed by atoms with van der Waals surface area (Å²) in [6.45, 7) is 3.66. The van der Waals surface area contributed by atoms with E-state index in [2.05, 4.69) is 31.0 Å². The van der Waals surface area contributed by atoms with E-state index in [4.69, 9.17) is 22.1 Å². The Balaban J connectivity index is 2.71. The molecule has 0 radical (unpaired) electrons. The Hall–Kier alpha value is -0.610. The maximum atomic E-state index is 5.93. The molecule has 0 saturated heterocycles. The molecule has 0 aromatic heterocycles. The molecule has 0 aliphatic carbocycles. The summed E-state index contributed by atoms with van der Waals surface area (Å²) in [6, 6.07) is 8.75. The van der Waals surface area contributed by atoms with E-state index in [1.54, 1.807) is 7.11 Å². The van der Waals surface area contributed by atoms with Gasteiger partial charge in [-0.2, -0.15) is 0 Å². The molecule has 2 N–H and O–H groups in total. The molecule has 0 aliphatic heterocycles.